The molecular weight excluding hydrogens is 435 g/mol. The predicted octanol–water partition coefficient (Wildman–Crippen LogP) is 5.58. The lowest BCUT2D eigenvalue weighted by Gasteiger charge is -2.49. The van der Waals surface area contributed by atoms with Crippen molar-refractivity contribution in [3.05, 3.63) is 63.6 Å². The Morgan fingerprint density at radius 1 is 1.06 bits per heavy atom. The fourth-order valence-corrected chi connectivity index (χ4v) is 4.72. The van der Waals surface area contributed by atoms with Gasteiger partial charge in [0, 0.05) is 34.9 Å². The summed E-state index contributed by atoms with van der Waals surface area (Å²) >= 11 is 12.3. The number of hydrogen-bond donors (Lipinski definition) is 1. The zero-order valence-electron chi connectivity index (χ0n) is 18.0. The zero-order chi connectivity index (χ0) is 22.7. The third kappa shape index (κ3) is 5.72. The number of carboxylic acid groups (broad SMARTS) is 1. The van der Waals surface area contributed by atoms with Crippen LogP contribution in [0.4, 0.5) is 5.69 Å². The number of halogens is 2. The van der Waals surface area contributed by atoms with Crippen molar-refractivity contribution in [2.75, 3.05) is 18.0 Å². The summed E-state index contributed by atoms with van der Waals surface area (Å²) in [5.41, 5.74) is 3.16. The number of carboxylic acids is 1. The number of aliphatic carboxylic acids is 1. The van der Waals surface area contributed by atoms with Crippen LogP contribution in [0.15, 0.2) is 42.5 Å². The first-order valence-electron chi connectivity index (χ1n) is 10.4. The SMILES string of the molecule is Cc1cc(Cl)ccc1N1C(CC(C)C)CN(C(=O)CC(=O)O)CC1c1ccc(Cl)cc1. The van der Waals surface area contributed by atoms with E-state index in [-0.39, 0.29) is 18.0 Å². The van der Waals surface area contributed by atoms with E-state index in [1.54, 1.807) is 4.90 Å². The van der Waals surface area contributed by atoms with Gasteiger partial charge in [-0.3, -0.25) is 9.59 Å². The van der Waals surface area contributed by atoms with Crippen molar-refractivity contribution in [2.45, 2.75) is 45.7 Å². The van der Waals surface area contributed by atoms with Crippen molar-refractivity contribution < 1.29 is 14.7 Å². The van der Waals surface area contributed by atoms with E-state index in [1.807, 2.05) is 49.4 Å². The first-order chi connectivity index (χ1) is 14.7. The predicted molar refractivity (Wildman–Crippen MR) is 125 cm³/mol. The molecule has 0 bridgehead atoms. The highest BCUT2D eigenvalue weighted by Gasteiger charge is 2.38. The standard InChI is InChI=1S/C24H28Cl2N2O3/c1-15(2)10-20-13-27(23(29)12-24(30)31)14-22(17-4-6-18(25)7-5-17)28(20)21-9-8-19(26)11-16(21)3/h4-9,11,15,20,22H,10,12-14H2,1-3H3,(H,30,31). The van der Waals surface area contributed by atoms with E-state index in [2.05, 4.69) is 18.7 Å². The second-order valence-corrected chi connectivity index (χ2v) is 9.43. The van der Waals surface area contributed by atoms with Gasteiger partial charge in [-0.05, 0) is 60.7 Å². The quantitative estimate of drug-likeness (QED) is 0.568. The highest BCUT2D eigenvalue weighted by Crippen LogP contribution is 2.38. The number of piperazine rings is 1. The van der Waals surface area contributed by atoms with E-state index >= 15 is 0 Å². The number of hydrogen-bond acceptors (Lipinski definition) is 3. The van der Waals surface area contributed by atoms with Crippen LogP contribution in [0.5, 0.6) is 0 Å². The summed E-state index contributed by atoms with van der Waals surface area (Å²) in [6, 6.07) is 13.4. The van der Waals surface area contributed by atoms with Gasteiger partial charge >= 0.3 is 5.97 Å². The van der Waals surface area contributed by atoms with Crippen LogP contribution in [0.25, 0.3) is 0 Å². The van der Waals surface area contributed by atoms with Gasteiger partial charge in [0.25, 0.3) is 0 Å². The minimum atomic E-state index is -1.11. The molecule has 0 radical (unpaired) electrons. The van der Waals surface area contributed by atoms with Gasteiger partial charge in [-0.25, -0.2) is 0 Å². The zero-order valence-corrected chi connectivity index (χ0v) is 19.5. The Morgan fingerprint density at radius 2 is 1.71 bits per heavy atom. The minimum Gasteiger partial charge on any atom is -0.481 e. The Kier molecular flexibility index (Phi) is 7.50. The Balaban J connectivity index is 2.08. The molecule has 7 heteroatoms. The van der Waals surface area contributed by atoms with Crippen molar-refractivity contribution in [1.29, 1.82) is 0 Å². The van der Waals surface area contributed by atoms with E-state index in [0.29, 0.717) is 29.1 Å². The molecule has 0 spiro atoms. The molecule has 5 nitrogen and oxygen atoms in total. The molecule has 166 valence electrons. The number of carbonyl (C=O) groups excluding carboxylic acids is 1. The molecule has 2 unspecified atom stereocenters. The summed E-state index contributed by atoms with van der Waals surface area (Å²) in [6.07, 6.45) is 0.366. The van der Waals surface area contributed by atoms with Gasteiger partial charge in [-0.15, -0.1) is 0 Å². The molecule has 31 heavy (non-hydrogen) atoms. The molecule has 2 atom stereocenters. The molecule has 0 aromatic heterocycles. The van der Waals surface area contributed by atoms with Crippen molar-refractivity contribution in [1.82, 2.24) is 4.90 Å². The average molecular weight is 463 g/mol. The highest BCUT2D eigenvalue weighted by atomic mass is 35.5. The lowest BCUT2D eigenvalue weighted by molar-refractivity contribution is -0.144. The Bertz CT molecular complexity index is 946. The summed E-state index contributed by atoms with van der Waals surface area (Å²) in [5.74, 6) is -1.06. The summed E-state index contributed by atoms with van der Waals surface area (Å²) in [5, 5.41) is 10.5. The van der Waals surface area contributed by atoms with Gasteiger partial charge in [0.2, 0.25) is 5.91 Å². The molecule has 2 aromatic carbocycles. The van der Waals surface area contributed by atoms with Gasteiger partial charge in [-0.1, -0.05) is 49.2 Å². The van der Waals surface area contributed by atoms with Crippen LogP contribution < -0.4 is 4.90 Å². The fourth-order valence-electron chi connectivity index (χ4n) is 4.37. The molecule has 2 aromatic rings. The van der Waals surface area contributed by atoms with Gasteiger partial charge < -0.3 is 14.9 Å². The number of benzene rings is 2. The Morgan fingerprint density at radius 3 is 2.29 bits per heavy atom. The lowest BCUT2D eigenvalue weighted by atomic mass is 9.92. The molecule has 1 aliphatic rings. The van der Waals surface area contributed by atoms with Crippen LogP contribution in [0.1, 0.15) is 43.9 Å². The maximum atomic E-state index is 12.7. The molecule has 3 rings (SSSR count). The maximum Gasteiger partial charge on any atom is 0.312 e. The molecule has 1 aliphatic heterocycles. The Hall–Kier alpha value is -2.24. The molecule has 0 saturated carbocycles. The normalized spacial score (nSPS) is 19.0. The summed E-state index contributed by atoms with van der Waals surface area (Å²) in [7, 11) is 0. The first kappa shape index (κ1) is 23.4. The van der Waals surface area contributed by atoms with Crippen molar-refractivity contribution in [2.24, 2.45) is 5.92 Å². The second-order valence-electron chi connectivity index (χ2n) is 8.56. The van der Waals surface area contributed by atoms with Crippen LogP contribution in [-0.2, 0) is 9.59 Å². The van der Waals surface area contributed by atoms with Gasteiger partial charge in [-0.2, -0.15) is 0 Å². The van der Waals surface area contributed by atoms with Crippen LogP contribution >= 0.6 is 23.2 Å². The maximum absolute atomic E-state index is 12.7. The van der Waals surface area contributed by atoms with E-state index in [1.165, 1.54) is 0 Å². The summed E-state index contributed by atoms with van der Waals surface area (Å²) in [6.45, 7) is 7.24. The van der Waals surface area contributed by atoms with Crippen LogP contribution in [0.2, 0.25) is 10.0 Å². The van der Waals surface area contributed by atoms with Gasteiger partial charge in [0.05, 0.1) is 6.04 Å². The monoisotopic (exact) mass is 462 g/mol. The lowest BCUT2D eigenvalue weighted by Crippen LogP contribution is -2.57. The van der Waals surface area contributed by atoms with Crippen LogP contribution in [-0.4, -0.2) is 41.0 Å². The topological polar surface area (TPSA) is 60.9 Å². The largest absolute Gasteiger partial charge is 0.481 e. The van der Waals surface area contributed by atoms with Gasteiger partial charge in [0.1, 0.15) is 6.42 Å². The molecule has 0 aliphatic carbocycles. The Labute approximate surface area is 193 Å². The molecule has 1 N–H and O–H groups in total. The van der Waals surface area contributed by atoms with Crippen molar-refractivity contribution in [3.63, 3.8) is 0 Å². The van der Waals surface area contributed by atoms with E-state index in [4.69, 9.17) is 28.3 Å². The van der Waals surface area contributed by atoms with Crippen LogP contribution in [0, 0.1) is 12.8 Å². The molecule has 1 saturated heterocycles. The third-order valence-electron chi connectivity index (χ3n) is 5.64. The number of anilines is 1. The number of nitrogens with zero attached hydrogens (tertiary/aromatic N) is 2. The highest BCUT2D eigenvalue weighted by molar-refractivity contribution is 6.31. The molecule has 1 amide bonds. The molecule has 1 heterocycles. The second kappa shape index (κ2) is 9.92. The van der Waals surface area contributed by atoms with Gasteiger partial charge in [0.15, 0.2) is 0 Å². The first-order valence-corrected chi connectivity index (χ1v) is 11.2. The van der Waals surface area contributed by atoms with Crippen LogP contribution in [0.3, 0.4) is 0 Å². The molecular formula is C24H28Cl2N2O3. The molecule has 1 fully saturated rings. The number of aryl methyl sites for hydroxylation is 1. The van der Waals surface area contributed by atoms with E-state index in [9.17, 15) is 9.59 Å². The summed E-state index contributed by atoms with van der Waals surface area (Å²) < 4.78 is 0. The fraction of sp³-hybridized carbons (Fsp3) is 0.417. The van der Waals surface area contributed by atoms with Crippen molar-refractivity contribution >= 4 is 40.8 Å². The smallest absolute Gasteiger partial charge is 0.312 e. The van der Waals surface area contributed by atoms with E-state index < -0.39 is 12.4 Å². The number of rotatable bonds is 6. The third-order valence-corrected chi connectivity index (χ3v) is 6.13. The number of amides is 1. The van der Waals surface area contributed by atoms with Crippen molar-refractivity contribution in [3.8, 4) is 0 Å². The minimum absolute atomic E-state index is 0.0343. The van der Waals surface area contributed by atoms with E-state index in [0.717, 1.165) is 23.2 Å². The summed E-state index contributed by atoms with van der Waals surface area (Å²) in [4.78, 5) is 28.0. The average Bonchev–Trinajstić information content (AvgIpc) is 2.68. The number of carbonyl (C=O) groups is 2.